The topological polar surface area (TPSA) is 64.6 Å². The molecule has 4 rings (SSSR count). The molecule has 1 aliphatic rings. The van der Waals surface area contributed by atoms with E-state index in [1.165, 1.54) is 14.0 Å². The Balaban J connectivity index is 1.87. The Hall–Kier alpha value is -3.34. The van der Waals surface area contributed by atoms with Gasteiger partial charge in [-0.25, -0.2) is 0 Å². The van der Waals surface area contributed by atoms with Crippen molar-refractivity contribution in [1.82, 2.24) is 0 Å². The second kappa shape index (κ2) is 6.76. The second-order valence-electron chi connectivity index (χ2n) is 6.56. The Morgan fingerprint density at radius 3 is 2.67 bits per heavy atom. The van der Waals surface area contributed by atoms with E-state index in [1.807, 2.05) is 36.4 Å². The average Bonchev–Trinajstić information content (AvgIpc) is 2.67. The maximum atomic E-state index is 12.3. The van der Waals surface area contributed by atoms with Gasteiger partial charge >= 0.3 is 5.97 Å². The fourth-order valence-corrected chi connectivity index (χ4v) is 3.69. The van der Waals surface area contributed by atoms with E-state index in [-0.39, 0.29) is 11.8 Å². The van der Waals surface area contributed by atoms with Crippen LogP contribution in [0.25, 0.3) is 10.8 Å². The molecular formula is C22H19NO4. The first kappa shape index (κ1) is 17.1. The number of esters is 1. The van der Waals surface area contributed by atoms with E-state index in [4.69, 9.17) is 9.47 Å². The second-order valence-corrected chi connectivity index (χ2v) is 6.56. The number of rotatable bonds is 3. The van der Waals surface area contributed by atoms with Crippen LogP contribution in [0.15, 0.2) is 54.6 Å². The van der Waals surface area contributed by atoms with Gasteiger partial charge in [-0.05, 0) is 40.1 Å². The van der Waals surface area contributed by atoms with Crippen LogP contribution in [0.2, 0.25) is 0 Å². The standard InChI is InChI=1S/C22H19NO4/c1-13(24)27-19-10-8-15(11-20(19)26-2)17-12-21(25)23-18-9-7-14-5-3-4-6-16(14)22(17)18/h3-11,17H,12H2,1-2H3,(H,23,25)/t17-/m0/s1. The summed E-state index contributed by atoms with van der Waals surface area (Å²) in [6, 6.07) is 17.5. The summed E-state index contributed by atoms with van der Waals surface area (Å²) in [7, 11) is 1.53. The van der Waals surface area contributed by atoms with Gasteiger partial charge in [0.2, 0.25) is 5.91 Å². The molecule has 0 spiro atoms. The first-order valence-electron chi connectivity index (χ1n) is 8.74. The predicted octanol–water partition coefficient (Wildman–Crippen LogP) is 4.25. The molecule has 1 N–H and O–H groups in total. The zero-order chi connectivity index (χ0) is 19.0. The summed E-state index contributed by atoms with van der Waals surface area (Å²) in [5.74, 6) is 0.294. The zero-order valence-electron chi connectivity index (χ0n) is 15.1. The number of amides is 1. The quantitative estimate of drug-likeness (QED) is 0.560. The summed E-state index contributed by atoms with van der Waals surface area (Å²) in [4.78, 5) is 23.6. The number of methoxy groups -OCH3 is 1. The number of anilines is 1. The molecule has 0 aromatic heterocycles. The fourth-order valence-electron chi connectivity index (χ4n) is 3.69. The zero-order valence-corrected chi connectivity index (χ0v) is 15.1. The van der Waals surface area contributed by atoms with Crippen molar-refractivity contribution in [3.63, 3.8) is 0 Å². The van der Waals surface area contributed by atoms with Gasteiger partial charge in [0.05, 0.1) is 7.11 Å². The average molecular weight is 361 g/mol. The summed E-state index contributed by atoms with van der Waals surface area (Å²) >= 11 is 0. The Kier molecular flexibility index (Phi) is 4.28. The summed E-state index contributed by atoms with van der Waals surface area (Å²) in [5.41, 5.74) is 2.86. The lowest BCUT2D eigenvalue weighted by molar-refractivity contribution is -0.132. The Morgan fingerprint density at radius 1 is 1.07 bits per heavy atom. The van der Waals surface area contributed by atoms with E-state index in [0.29, 0.717) is 17.9 Å². The van der Waals surface area contributed by atoms with Gasteiger partial charge in [-0.3, -0.25) is 9.59 Å². The number of nitrogens with one attached hydrogen (secondary N) is 1. The molecule has 1 atom stereocenters. The Morgan fingerprint density at radius 2 is 1.89 bits per heavy atom. The molecule has 5 nitrogen and oxygen atoms in total. The van der Waals surface area contributed by atoms with Crippen LogP contribution in [0, 0.1) is 0 Å². The van der Waals surface area contributed by atoms with Gasteiger partial charge in [0.15, 0.2) is 11.5 Å². The molecule has 1 aliphatic heterocycles. The van der Waals surface area contributed by atoms with Gasteiger partial charge in [0.1, 0.15) is 0 Å². The van der Waals surface area contributed by atoms with Crippen LogP contribution in [0.1, 0.15) is 30.4 Å². The van der Waals surface area contributed by atoms with Crippen molar-refractivity contribution in [2.45, 2.75) is 19.3 Å². The van der Waals surface area contributed by atoms with E-state index in [9.17, 15) is 9.59 Å². The summed E-state index contributed by atoms with van der Waals surface area (Å²) in [6.07, 6.45) is 0.344. The molecule has 0 aliphatic carbocycles. The van der Waals surface area contributed by atoms with E-state index >= 15 is 0 Å². The van der Waals surface area contributed by atoms with Gasteiger partial charge in [0, 0.05) is 24.9 Å². The lowest BCUT2D eigenvalue weighted by Gasteiger charge is -2.28. The van der Waals surface area contributed by atoms with Crippen LogP contribution in [-0.4, -0.2) is 19.0 Å². The van der Waals surface area contributed by atoms with Crippen LogP contribution in [-0.2, 0) is 9.59 Å². The van der Waals surface area contributed by atoms with Gasteiger partial charge in [-0.2, -0.15) is 0 Å². The minimum absolute atomic E-state index is 0.0224. The normalized spacial score (nSPS) is 15.8. The van der Waals surface area contributed by atoms with Gasteiger partial charge < -0.3 is 14.8 Å². The number of carbonyl (C=O) groups excluding carboxylic acids is 2. The van der Waals surface area contributed by atoms with Crippen molar-refractivity contribution in [3.05, 3.63) is 65.7 Å². The molecule has 136 valence electrons. The first-order chi connectivity index (χ1) is 13.1. The van der Waals surface area contributed by atoms with Crippen LogP contribution in [0.5, 0.6) is 11.5 Å². The number of hydrogen-bond donors (Lipinski definition) is 1. The van der Waals surface area contributed by atoms with E-state index in [2.05, 4.69) is 17.4 Å². The van der Waals surface area contributed by atoms with Crippen LogP contribution >= 0.6 is 0 Å². The number of hydrogen-bond acceptors (Lipinski definition) is 4. The first-order valence-corrected chi connectivity index (χ1v) is 8.74. The highest BCUT2D eigenvalue weighted by Crippen LogP contribution is 2.43. The third-order valence-electron chi connectivity index (χ3n) is 4.83. The lowest BCUT2D eigenvalue weighted by atomic mass is 9.82. The molecule has 5 heteroatoms. The van der Waals surface area contributed by atoms with Crippen LogP contribution in [0.4, 0.5) is 5.69 Å². The molecule has 0 unspecified atom stereocenters. The predicted molar refractivity (Wildman–Crippen MR) is 103 cm³/mol. The molecule has 1 heterocycles. The molecule has 0 radical (unpaired) electrons. The van der Waals surface area contributed by atoms with Crippen molar-refractivity contribution in [2.24, 2.45) is 0 Å². The molecule has 1 amide bonds. The molecule has 0 bridgehead atoms. The smallest absolute Gasteiger partial charge is 0.308 e. The molecule has 0 saturated heterocycles. The lowest BCUT2D eigenvalue weighted by Crippen LogP contribution is -2.23. The third kappa shape index (κ3) is 3.12. The van der Waals surface area contributed by atoms with Crippen molar-refractivity contribution in [3.8, 4) is 11.5 Å². The molecule has 3 aromatic carbocycles. The molecular weight excluding hydrogens is 342 g/mol. The van der Waals surface area contributed by atoms with Crippen LogP contribution in [0.3, 0.4) is 0 Å². The van der Waals surface area contributed by atoms with Crippen molar-refractivity contribution >= 4 is 28.3 Å². The van der Waals surface area contributed by atoms with E-state index in [1.54, 1.807) is 6.07 Å². The van der Waals surface area contributed by atoms with Crippen LogP contribution < -0.4 is 14.8 Å². The highest BCUT2D eigenvalue weighted by atomic mass is 16.6. The van der Waals surface area contributed by atoms with Gasteiger partial charge in [-0.15, -0.1) is 0 Å². The van der Waals surface area contributed by atoms with Crippen molar-refractivity contribution in [2.75, 3.05) is 12.4 Å². The van der Waals surface area contributed by atoms with Crippen molar-refractivity contribution < 1.29 is 19.1 Å². The van der Waals surface area contributed by atoms with E-state index < -0.39 is 5.97 Å². The molecule has 0 fully saturated rings. The Bertz CT molecular complexity index is 1060. The van der Waals surface area contributed by atoms with Gasteiger partial charge in [0.25, 0.3) is 0 Å². The highest BCUT2D eigenvalue weighted by Gasteiger charge is 2.29. The maximum absolute atomic E-state index is 12.3. The molecule has 0 saturated carbocycles. The van der Waals surface area contributed by atoms with Crippen molar-refractivity contribution in [1.29, 1.82) is 0 Å². The minimum Gasteiger partial charge on any atom is -0.493 e. The number of carbonyl (C=O) groups is 2. The number of ether oxygens (including phenoxy) is 2. The summed E-state index contributed by atoms with van der Waals surface area (Å²) in [6.45, 7) is 1.35. The largest absolute Gasteiger partial charge is 0.493 e. The Labute approximate surface area is 156 Å². The number of benzene rings is 3. The van der Waals surface area contributed by atoms with Gasteiger partial charge in [-0.1, -0.05) is 36.4 Å². The summed E-state index contributed by atoms with van der Waals surface area (Å²) in [5, 5.41) is 5.22. The highest BCUT2D eigenvalue weighted by molar-refractivity contribution is 6.01. The fraction of sp³-hybridized carbons (Fsp3) is 0.182. The molecule has 3 aromatic rings. The van der Waals surface area contributed by atoms with E-state index in [0.717, 1.165) is 27.6 Å². The number of fused-ring (bicyclic) bond motifs is 3. The summed E-state index contributed by atoms with van der Waals surface area (Å²) < 4.78 is 10.6. The molecule has 27 heavy (non-hydrogen) atoms. The SMILES string of the molecule is COc1cc([C@@H]2CC(=O)Nc3ccc4ccccc4c32)ccc1OC(C)=O. The third-order valence-corrected chi connectivity index (χ3v) is 4.83. The minimum atomic E-state index is -0.408. The monoisotopic (exact) mass is 361 g/mol. The maximum Gasteiger partial charge on any atom is 0.308 e.